The van der Waals surface area contributed by atoms with Gasteiger partial charge in [-0.3, -0.25) is 14.7 Å². The quantitative estimate of drug-likeness (QED) is 0.847. The molecule has 2 saturated heterocycles. The maximum Gasteiger partial charge on any atom is 0.255 e. The van der Waals surface area contributed by atoms with E-state index in [2.05, 4.69) is 21.7 Å². The topological polar surface area (TPSA) is 36.4 Å². The van der Waals surface area contributed by atoms with Crippen LogP contribution in [0.3, 0.4) is 0 Å². The molecule has 0 aromatic carbocycles. The van der Waals surface area contributed by atoms with Crippen molar-refractivity contribution < 1.29 is 4.79 Å². The second-order valence-electron chi connectivity index (χ2n) is 5.79. The Labute approximate surface area is 120 Å². The first-order valence-electron chi connectivity index (χ1n) is 7.76. The number of amides is 1. The van der Waals surface area contributed by atoms with Crippen molar-refractivity contribution in [2.24, 2.45) is 0 Å². The summed E-state index contributed by atoms with van der Waals surface area (Å²) in [5.41, 5.74) is 0.723. The highest BCUT2D eigenvalue weighted by atomic mass is 16.2. The highest BCUT2D eigenvalue weighted by Crippen LogP contribution is 2.30. The van der Waals surface area contributed by atoms with Crippen molar-refractivity contribution in [2.45, 2.75) is 44.7 Å². The van der Waals surface area contributed by atoms with Crippen LogP contribution < -0.4 is 0 Å². The minimum atomic E-state index is 0.156. The molecule has 0 saturated carbocycles. The van der Waals surface area contributed by atoms with Gasteiger partial charge in [0.2, 0.25) is 0 Å². The van der Waals surface area contributed by atoms with Crippen molar-refractivity contribution >= 4 is 5.91 Å². The summed E-state index contributed by atoms with van der Waals surface area (Å²) in [5, 5.41) is 0. The number of likely N-dealkylation sites (tertiary alicyclic amines) is 2. The molecule has 2 fully saturated rings. The Morgan fingerprint density at radius 3 is 2.85 bits per heavy atom. The van der Waals surface area contributed by atoms with Gasteiger partial charge in [-0.2, -0.15) is 0 Å². The van der Waals surface area contributed by atoms with Crippen LogP contribution in [0.1, 0.15) is 43.0 Å². The summed E-state index contributed by atoms with van der Waals surface area (Å²) in [5.74, 6) is 0.156. The van der Waals surface area contributed by atoms with Crippen LogP contribution in [0.2, 0.25) is 0 Å². The molecule has 1 aromatic rings. The van der Waals surface area contributed by atoms with E-state index in [-0.39, 0.29) is 5.91 Å². The van der Waals surface area contributed by atoms with Gasteiger partial charge in [0, 0.05) is 31.0 Å². The van der Waals surface area contributed by atoms with Crippen LogP contribution in [0.25, 0.3) is 0 Å². The number of carbonyl (C=O) groups excluding carboxylic acids is 1. The van der Waals surface area contributed by atoms with E-state index in [0.717, 1.165) is 31.5 Å². The summed E-state index contributed by atoms with van der Waals surface area (Å²) >= 11 is 0. The monoisotopic (exact) mass is 273 g/mol. The average molecular weight is 273 g/mol. The Morgan fingerprint density at radius 1 is 1.30 bits per heavy atom. The minimum Gasteiger partial charge on any atom is -0.334 e. The fourth-order valence-corrected chi connectivity index (χ4v) is 3.78. The number of rotatable bonds is 3. The van der Waals surface area contributed by atoms with E-state index in [9.17, 15) is 4.79 Å². The van der Waals surface area contributed by atoms with Crippen molar-refractivity contribution in [2.75, 3.05) is 19.6 Å². The number of pyridine rings is 1. The number of hydrogen-bond donors (Lipinski definition) is 0. The fourth-order valence-electron chi connectivity index (χ4n) is 3.78. The summed E-state index contributed by atoms with van der Waals surface area (Å²) in [6.45, 7) is 5.40. The molecule has 20 heavy (non-hydrogen) atoms. The molecule has 0 spiro atoms. The van der Waals surface area contributed by atoms with Gasteiger partial charge in [-0.1, -0.05) is 6.92 Å². The predicted octanol–water partition coefficient (Wildman–Crippen LogP) is 2.17. The van der Waals surface area contributed by atoms with Gasteiger partial charge in [-0.25, -0.2) is 0 Å². The van der Waals surface area contributed by atoms with Crippen molar-refractivity contribution in [3.8, 4) is 0 Å². The van der Waals surface area contributed by atoms with Gasteiger partial charge in [0.1, 0.15) is 0 Å². The highest BCUT2D eigenvalue weighted by Gasteiger charge is 2.39. The zero-order chi connectivity index (χ0) is 13.9. The first-order chi connectivity index (χ1) is 9.81. The maximum atomic E-state index is 12.7. The summed E-state index contributed by atoms with van der Waals surface area (Å²) in [7, 11) is 0. The molecule has 0 bridgehead atoms. The molecular formula is C16H23N3O. The second-order valence-corrected chi connectivity index (χ2v) is 5.79. The third-order valence-electron chi connectivity index (χ3n) is 4.73. The van der Waals surface area contributed by atoms with E-state index in [1.54, 1.807) is 12.4 Å². The minimum absolute atomic E-state index is 0.156. The van der Waals surface area contributed by atoms with E-state index in [0.29, 0.717) is 12.1 Å². The van der Waals surface area contributed by atoms with E-state index < -0.39 is 0 Å². The lowest BCUT2D eigenvalue weighted by Gasteiger charge is -2.34. The third-order valence-corrected chi connectivity index (χ3v) is 4.73. The molecular weight excluding hydrogens is 250 g/mol. The van der Waals surface area contributed by atoms with Crippen LogP contribution in [0, 0.1) is 0 Å². The molecule has 0 N–H and O–H groups in total. The van der Waals surface area contributed by atoms with Crippen LogP contribution in [-0.4, -0.2) is 52.4 Å². The predicted molar refractivity (Wildman–Crippen MR) is 78.6 cm³/mol. The van der Waals surface area contributed by atoms with Crippen LogP contribution in [0.4, 0.5) is 0 Å². The third kappa shape index (κ3) is 2.44. The zero-order valence-corrected chi connectivity index (χ0v) is 12.2. The summed E-state index contributed by atoms with van der Waals surface area (Å²) in [6.07, 6.45) is 8.18. The number of likely N-dealkylation sites (N-methyl/N-ethyl adjacent to an activating group) is 1. The lowest BCUT2D eigenvalue weighted by atomic mass is 10.0. The SMILES string of the molecule is CCN1CCC[C@H]1[C@@H]1CCCN1C(=O)c1cccnc1. The molecule has 108 valence electrons. The highest BCUT2D eigenvalue weighted by molar-refractivity contribution is 5.94. The first-order valence-corrected chi connectivity index (χ1v) is 7.76. The molecule has 1 aromatic heterocycles. The van der Waals surface area contributed by atoms with Crippen LogP contribution in [-0.2, 0) is 0 Å². The van der Waals surface area contributed by atoms with Gasteiger partial charge in [0.15, 0.2) is 0 Å². The molecule has 3 heterocycles. The molecule has 0 radical (unpaired) electrons. The molecule has 0 aliphatic carbocycles. The van der Waals surface area contributed by atoms with Crippen LogP contribution in [0.15, 0.2) is 24.5 Å². The van der Waals surface area contributed by atoms with Crippen LogP contribution in [0.5, 0.6) is 0 Å². The molecule has 2 atom stereocenters. The Balaban J connectivity index is 1.77. The Kier molecular flexibility index (Phi) is 4.01. The Morgan fingerprint density at radius 2 is 2.10 bits per heavy atom. The Bertz CT molecular complexity index is 462. The van der Waals surface area contributed by atoms with E-state index in [4.69, 9.17) is 0 Å². The van der Waals surface area contributed by atoms with Crippen molar-refractivity contribution in [1.82, 2.24) is 14.8 Å². The summed E-state index contributed by atoms with van der Waals surface area (Å²) < 4.78 is 0. The van der Waals surface area contributed by atoms with E-state index in [1.807, 2.05) is 12.1 Å². The molecule has 2 aliphatic rings. The molecule has 2 aliphatic heterocycles. The summed E-state index contributed by atoms with van der Waals surface area (Å²) in [6, 6.07) is 4.66. The molecule has 4 nitrogen and oxygen atoms in total. The lowest BCUT2D eigenvalue weighted by molar-refractivity contribution is 0.0649. The van der Waals surface area contributed by atoms with Crippen LogP contribution >= 0.6 is 0 Å². The van der Waals surface area contributed by atoms with Gasteiger partial charge in [-0.15, -0.1) is 0 Å². The standard InChI is InChI=1S/C16H23N3O/c1-2-18-10-4-7-14(18)15-8-5-11-19(15)16(20)13-6-3-9-17-12-13/h3,6,9,12,14-15H,2,4-5,7-8,10-11H2,1H3/t14-,15-/m0/s1. The second kappa shape index (κ2) is 5.92. The smallest absolute Gasteiger partial charge is 0.255 e. The van der Waals surface area contributed by atoms with Crippen molar-refractivity contribution in [3.05, 3.63) is 30.1 Å². The zero-order valence-electron chi connectivity index (χ0n) is 12.2. The Hall–Kier alpha value is -1.42. The van der Waals surface area contributed by atoms with Gasteiger partial charge in [0.25, 0.3) is 5.91 Å². The van der Waals surface area contributed by atoms with Crippen molar-refractivity contribution in [3.63, 3.8) is 0 Å². The van der Waals surface area contributed by atoms with Gasteiger partial charge >= 0.3 is 0 Å². The van der Waals surface area contributed by atoms with Gasteiger partial charge in [-0.05, 0) is 50.9 Å². The maximum absolute atomic E-state index is 12.7. The number of aromatic nitrogens is 1. The van der Waals surface area contributed by atoms with Gasteiger partial charge in [0.05, 0.1) is 5.56 Å². The number of hydrogen-bond acceptors (Lipinski definition) is 3. The van der Waals surface area contributed by atoms with E-state index >= 15 is 0 Å². The average Bonchev–Trinajstić information content (AvgIpc) is 3.15. The first kappa shape index (κ1) is 13.6. The van der Waals surface area contributed by atoms with Gasteiger partial charge < -0.3 is 4.90 Å². The van der Waals surface area contributed by atoms with Crippen molar-refractivity contribution in [1.29, 1.82) is 0 Å². The lowest BCUT2D eigenvalue weighted by Crippen LogP contribution is -2.48. The number of carbonyl (C=O) groups is 1. The largest absolute Gasteiger partial charge is 0.334 e. The fraction of sp³-hybridized carbons (Fsp3) is 0.625. The summed E-state index contributed by atoms with van der Waals surface area (Å²) in [4.78, 5) is 21.4. The molecule has 3 rings (SSSR count). The molecule has 0 unspecified atom stereocenters. The molecule has 4 heteroatoms. The number of nitrogens with zero attached hydrogens (tertiary/aromatic N) is 3. The van der Waals surface area contributed by atoms with E-state index in [1.165, 1.54) is 19.4 Å². The normalized spacial score (nSPS) is 27.1. The molecule has 1 amide bonds.